The third-order valence-corrected chi connectivity index (χ3v) is 2.94. The van der Waals surface area contributed by atoms with Gasteiger partial charge in [-0.3, -0.25) is 0 Å². The minimum absolute atomic E-state index is 0.265. The summed E-state index contributed by atoms with van der Waals surface area (Å²) in [5.74, 6) is 1.09. The zero-order valence-corrected chi connectivity index (χ0v) is 10.4. The maximum absolute atomic E-state index is 12.9. The van der Waals surface area contributed by atoms with Crippen LogP contribution in [0.2, 0.25) is 0 Å². The molecule has 1 aromatic heterocycles. The molecule has 1 N–H and O–H groups in total. The predicted molar refractivity (Wildman–Crippen MR) is 74.5 cm³/mol. The van der Waals surface area contributed by atoms with Gasteiger partial charge in [0.2, 0.25) is 0 Å². The molecule has 0 saturated carbocycles. The highest BCUT2D eigenvalue weighted by Crippen LogP contribution is 2.24. The summed E-state index contributed by atoms with van der Waals surface area (Å²) in [6.07, 6.45) is 0. The lowest BCUT2D eigenvalue weighted by atomic mass is 10.2. The molecule has 0 amide bonds. The molecule has 0 unspecified atom stereocenters. The lowest BCUT2D eigenvalue weighted by Gasteiger charge is -2.08. The summed E-state index contributed by atoms with van der Waals surface area (Å²) in [5.41, 5.74) is 1.66. The quantitative estimate of drug-likeness (QED) is 0.759. The van der Waals surface area contributed by atoms with Gasteiger partial charge in [-0.25, -0.2) is 14.4 Å². The van der Waals surface area contributed by atoms with Crippen molar-refractivity contribution in [2.75, 3.05) is 12.4 Å². The van der Waals surface area contributed by atoms with E-state index in [2.05, 4.69) is 15.3 Å². The fraction of sp³-hybridized carbons (Fsp3) is 0.0667. The van der Waals surface area contributed by atoms with Crippen molar-refractivity contribution in [2.45, 2.75) is 0 Å². The summed E-state index contributed by atoms with van der Waals surface area (Å²) >= 11 is 0. The molecule has 0 aliphatic carbocycles. The van der Waals surface area contributed by atoms with E-state index in [0.717, 1.165) is 22.3 Å². The third-order valence-electron chi connectivity index (χ3n) is 2.94. The van der Waals surface area contributed by atoms with Crippen LogP contribution in [0.25, 0.3) is 22.3 Å². The first-order valence-corrected chi connectivity index (χ1v) is 5.98. The second-order valence-electron chi connectivity index (χ2n) is 4.17. The summed E-state index contributed by atoms with van der Waals surface area (Å²) in [4.78, 5) is 8.98. The first-order valence-electron chi connectivity index (χ1n) is 5.98. The van der Waals surface area contributed by atoms with Crippen LogP contribution in [0.3, 0.4) is 0 Å². The highest BCUT2D eigenvalue weighted by molar-refractivity contribution is 5.90. The van der Waals surface area contributed by atoms with Crippen molar-refractivity contribution >= 4 is 16.7 Å². The highest BCUT2D eigenvalue weighted by Gasteiger charge is 2.07. The van der Waals surface area contributed by atoms with Gasteiger partial charge in [-0.2, -0.15) is 0 Å². The Morgan fingerprint density at radius 1 is 0.947 bits per heavy atom. The lowest BCUT2D eigenvalue weighted by Crippen LogP contribution is -1.98. The minimum Gasteiger partial charge on any atom is -0.373 e. The number of halogens is 1. The molecule has 3 nitrogen and oxygen atoms in total. The van der Waals surface area contributed by atoms with Crippen molar-refractivity contribution < 1.29 is 4.39 Å². The molecule has 94 valence electrons. The van der Waals surface area contributed by atoms with Crippen LogP contribution in [0.1, 0.15) is 0 Å². The first-order chi connectivity index (χ1) is 9.28. The van der Waals surface area contributed by atoms with Gasteiger partial charge in [0.05, 0.1) is 5.52 Å². The summed E-state index contributed by atoms with van der Waals surface area (Å²) in [6, 6.07) is 14.0. The molecule has 0 spiro atoms. The van der Waals surface area contributed by atoms with E-state index in [1.54, 1.807) is 12.1 Å². The van der Waals surface area contributed by atoms with E-state index in [4.69, 9.17) is 0 Å². The standard InChI is InChI=1S/C15H12FN3/c1-17-15-12-4-2-3-5-13(12)18-14(19-15)10-6-8-11(16)9-7-10/h2-9H,1H3,(H,17,18,19). The Morgan fingerprint density at radius 2 is 1.68 bits per heavy atom. The highest BCUT2D eigenvalue weighted by atomic mass is 19.1. The van der Waals surface area contributed by atoms with Crippen LogP contribution in [0.15, 0.2) is 48.5 Å². The SMILES string of the molecule is CNc1nc(-c2ccc(F)cc2)nc2ccccc12. The van der Waals surface area contributed by atoms with Crippen LogP contribution in [0.5, 0.6) is 0 Å². The molecule has 2 aromatic carbocycles. The van der Waals surface area contributed by atoms with Crippen molar-refractivity contribution in [3.8, 4) is 11.4 Å². The number of nitrogens with one attached hydrogen (secondary N) is 1. The van der Waals surface area contributed by atoms with E-state index in [0.29, 0.717) is 5.82 Å². The number of rotatable bonds is 2. The number of para-hydroxylation sites is 1. The zero-order valence-electron chi connectivity index (χ0n) is 10.4. The van der Waals surface area contributed by atoms with Gasteiger partial charge in [0.25, 0.3) is 0 Å². The van der Waals surface area contributed by atoms with E-state index in [-0.39, 0.29) is 5.82 Å². The summed E-state index contributed by atoms with van der Waals surface area (Å²) in [5, 5.41) is 4.03. The molecule has 1 heterocycles. The monoisotopic (exact) mass is 253 g/mol. The number of fused-ring (bicyclic) bond motifs is 1. The van der Waals surface area contributed by atoms with Gasteiger partial charge in [-0.05, 0) is 36.4 Å². The Labute approximate surface area is 110 Å². The van der Waals surface area contributed by atoms with Crippen molar-refractivity contribution in [1.82, 2.24) is 9.97 Å². The van der Waals surface area contributed by atoms with Crippen LogP contribution in [-0.4, -0.2) is 17.0 Å². The van der Waals surface area contributed by atoms with Gasteiger partial charge in [0.15, 0.2) is 5.82 Å². The molecule has 0 radical (unpaired) electrons. The van der Waals surface area contributed by atoms with Crippen LogP contribution < -0.4 is 5.32 Å². The van der Waals surface area contributed by atoms with Crippen molar-refractivity contribution in [3.05, 3.63) is 54.3 Å². The number of benzene rings is 2. The van der Waals surface area contributed by atoms with Crippen LogP contribution >= 0.6 is 0 Å². The maximum atomic E-state index is 12.9. The summed E-state index contributed by atoms with van der Waals surface area (Å²) in [7, 11) is 1.82. The van der Waals surface area contributed by atoms with Gasteiger partial charge in [0.1, 0.15) is 11.6 Å². The molecule has 0 aliphatic rings. The van der Waals surface area contributed by atoms with E-state index in [9.17, 15) is 4.39 Å². The first kappa shape index (κ1) is 11.6. The molecule has 0 aliphatic heterocycles. The van der Waals surface area contributed by atoms with Gasteiger partial charge < -0.3 is 5.32 Å². The molecular formula is C15H12FN3. The Balaban J connectivity index is 2.22. The molecule has 4 heteroatoms. The van der Waals surface area contributed by atoms with Crippen LogP contribution in [0, 0.1) is 5.82 Å². The van der Waals surface area contributed by atoms with E-state index in [1.807, 2.05) is 31.3 Å². The molecule has 3 aromatic rings. The van der Waals surface area contributed by atoms with Crippen LogP contribution in [-0.2, 0) is 0 Å². The number of anilines is 1. The van der Waals surface area contributed by atoms with E-state index < -0.39 is 0 Å². The normalized spacial score (nSPS) is 10.6. The zero-order chi connectivity index (χ0) is 13.2. The minimum atomic E-state index is -0.265. The van der Waals surface area contributed by atoms with Crippen molar-refractivity contribution in [1.29, 1.82) is 0 Å². The van der Waals surface area contributed by atoms with Crippen LogP contribution in [0.4, 0.5) is 10.2 Å². The molecule has 3 rings (SSSR count). The molecule has 0 bridgehead atoms. The number of aromatic nitrogens is 2. The molecule has 19 heavy (non-hydrogen) atoms. The summed E-state index contributed by atoms with van der Waals surface area (Å²) < 4.78 is 12.9. The van der Waals surface area contributed by atoms with Gasteiger partial charge in [-0.15, -0.1) is 0 Å². The molecule has 0 fully saturated rings. The van der Waals surface area contributed by atoms with E-state index in [1.165, 1.54) is 12.1 Å². The van der Waals surface area contributed by atoms with Gasteiger partial charge in [-0.1, -0.05) is 12.1 Å². The summed E-state index contributed by atoms with van der Waals surface area (Å²) in [6.45, 7) is 0. The fourth-order valence-corrected chi connectivity index (χ4v) is 2.00. The molecule has 0 atom stereocenters. The van der Waals surface area contributed by atoms with Gasteiger partial charge in [0, 0.05) is 18.0 Å². The largest absolute Gasteiger partial charge is 0.373 e. The van der Waals surface area contributed by atoms with Crippen molar-refractivity contribution in [2.24, 2.45) is 0 Å². The number of hydrogen-bond donors (Lipinski definition) is 1. The second-order valence-corrected chi connectivity index (χ2v) is 4.17. The average molecular weight is 253 g/mol. The van der Waals surface area contributed by atoms with Gasteiger partial charge >= 0.3 is 0 Å². The Kier molecular flexibility index (Phi) is 2.83. The molecular weight excluding hydrogens is 241 g/mol. The van der Waals surface area contributed by atoms with E-state index >= 15 is 0 Å². The fourth-order valence-electron chi connectivity index (χ4n) is 2.00. The topological polar surface area (TPSA) is 37.8 Å². The molecule has 0 saturated heterocycles. The Hall–Kier alpha value is -2.49. The smallest absolute Gasteiger partial charge is 0.162 e. The average Bonchev–Trinajstić information content (AvgIpc) is 2.47. The lowest BCUT2D eigenvalue weighted by molar-refractivity contribution is 0.628. The second kappa shape index (κ2) is 4.65. The third kappa shape index (κ3) is 2.12. The van der Waals surface area contributed by atoms with Crippen molar-refractivity contribution in [3.63, 3.8) is 0 Å². The number of nitrogens with zero attached hydrogens (tertiary/aromatic N) is 2. The Bertz CT molecular complexity index is 723. The Morgan fingerprint density at radius 3 is 2.42 bits per heavy atom. The number of hydrogen-bond acceptors (Lipinski definition) is 3. The predicted octanol–water partition coefficient (Wildman–Crippen LogP) is 3.48. The maximum Gasteiger partial charge on any atom is 0.162 e.